The van der Waals surface area contributed by atoms with E-state index in [0.717, 1.165) is 60.7 Å². The van der Waals surface area contributed by atoms with Crippen LogP contribution in [-0.2, 0) is 71.7 Å². The van der Waals surface area contributed by atoms with Crippen LogP contribution in [0.3, 0.4) is 0 Å². The van der Waals surface area contributed by atoms with Gasteiger partial charge in [0.25, 0.3) is 0 Å². The molecule has 14 aromatic carbocycles. The first-order valence-corrected chi connectivity index (χ1v) is 49.3. The van der Waals surface area contributed by atoms with E-state index in [1.165, 1.54) is 74.8 Å². The van der Waals surface area contributed by atoms with Crippen LogP contribution in [0.5, 0.6) is 0 Å². The number of carbonyl (C=O) groups excluding carboxylic acids is 2. The van der Waals surface area contributed by atoms with Crippen LogP contribution >= 0.6 is 47.6 Å². The summed E-state index contributed by atoms with van der Waals surface area (Å²) in [5, 5.41) is 38.4. The van der Waals surface area contributed by atoms with Crippen molar-refractivity contribution >= 4 is 123 Å². The molecule has 4 heterocycles. The van der Waals surface area contributed by atoms with Crippen LogP contribution in [-0.4, -0.2) is 78.7 Å². The number of alkyl halides is 1. The summed E-state index contributed by atoms with van der Waals surface area (Å²) in [6.07, 6.45) is 4.85. The third kappa shape index (κ3) is 31.8. The van der Waals surface area contributed by atoms with Crippen LogP contribution in [0, 0.1) is 35.0 Å². The topological polar surface area (TPSA) is 149 Å². The molecule has 2 unspecified atom stereocenters. The molecule has 14 aromatic rings. The van der Waals surface area contributed by atoms with Gasteiger partial charge in [-0.2, -0.15) is 5.26 Å². The van der Waals surface area contributed by atoms with Crippen molar-refractivity contribution in [2.75, 3.05) is 33.5 Å². The first-order valence-electron chi connectivity index (χ1n) is 43.8. The zero-order valence-corrected chi connectivity index (χ0v) is 84.6. The number of hydrogen-bond acceptors (Lipinski definition) is 9. The Morgan fingerprint density at radius 2 is 0.588 bits per heavy atom. The Morgan fingerprint density at radius 3 is 0.794 bits per heavy atom. The molecule has 0 aliphatic carbocycles. The Morgan fingerprint density at radius 1 is 0.382 bits per heavy atom. The van der Waals surface area contributed by atoms with Crippen LogP contribution in [0.25, 0.3) is 0 Å². The molecule has 0 radical (unpaired) electrons. The number of hydrogen-bond donors (Lipinski definition) is 0. The van der Waals surface area contributed by atoms with Crippen molar-refractivity contribution < 1.29 is 74.2 Å². The van der Waals surface area contributed by atoms with Gasteiger partial charge in [-0.1, -0.05) is 392 Å². The molecule has 4 atom stereocenters. The van der Waals surface area contributed by atoms with Crippen molar-refractivity contribution in [2.45, 2.75) is 116 Å². The molecular formula is C112H111BrFN5O6P4PdZn. The zero-order valence-electron chi connectivity index (χ0n) is 75.9. The number of ether oxygens (including phenoxy) is 4. The molecule has 2 saturated heterocycles. The number of nitrogens with zero attached hydrogens (tertiary/aromatic N) is 5. The largest absolute Gasteiger partial charge is 2.00 e. The van der Waals surface area contributed by atoms with E-state index in [4.69, 9.17) is 49.2 Å². The number of halogens is 2. The average Bonchev–Trinajstić information content (AvgIpc) is 1.53. The van der Waals surface area contributed by atoms with E-state index >= 15 is 0 Å². The average molecular weight is 2020 g/mol. The minimum Gasteiger partial charge on any atom is -0.512 e. The molecule has 4 aliphatic heterocycles. The number of amides is 2. The summed E-state index contributed by atoms with van der Waals surface area (Å²) in [7, 11) is -2.78. The standard InChI is InChI=1S/C19H24N2O3.C18H24BrNO3.4C18H15P.CH3F.2CN.Pd.Zn/c1-19(2,3)24-18(22)21-9-4-5-16(21)17-15-7-6-13(12-20)11-14(15)8-10-23-17;1-18(2,3)23-17(21)20-9-4-5-15(20)16-14-7-6-13(19)11-12(14)8-10-22-16;4*1-4-10-16(11-5-1)19(17-12-6-2-7-13-17)18-14-8-3-9-15-18;3*1-2;;/h6-7,11,16-17H,4-5,8-10H2,1-3H3;6-7,11,15-16H,4-5,8-10H2,1-3H3;4*1-15H;1H3;;;;/q;;;;;;;2*-1;;+2/t16-,17?;15-,16?;;;;;;;;;/m00........./s1/i;;;;;;1D;;;;. The maximum atomic E-state index is 12.5. The molecule has 0 N–H and O–H groups in total. The molecule has 4 aliphatic rings. The van der Waals surface area contributed by atoms with Gasteiger partial charge in [-0.3, -0.25) is 4.39 Å². The first kappa shape index (κ1) is 104. The van der Waals surface area contributed by atoms with Crippen LogP contribution in [0.1, 0.15) is 109 Å². The van der Waals surface area contributed by atoms with Crippen molar-refractivity contribution in [1.29, 1.82) is 15.8 Å². The van der Waals surface area contributed by atoms with Crippen molar-refractivity contribution in [3.63, 3.8) is 0 Å². The maximum absolute atomic E-state index is 12.5. The third-order valence-electron chi connectivity index (χ3n) is 21.1. The predicted molar refractivity (Wildman–Crippen MR) is 540 cm³/mol. The van der Waals surface area contributed by atoms with E-state index < -0.39 is 50.0 Å². The monoisotopic (exact) mass is 2010 g/mol. The van der Waals surface area contributed by atoms with Gasteiger partial charge < -0.3 is 52.4 Å². The van der Waals surface area contributed by atoms with Crippen molar-refractivity contribution in [3.8, 4) is 6.07 Å². The summed E-state index contributed by atoms with van der Waals surface area (Å²) >= 11 is 3.54. The summed E-state index contributed by atoms with van der Waals surface area (Å²) in [5.41, 5.74) is 4.47. The summed E-state index contributed by atoms with van der Waals surface area (Å²) < 4.78 is 39.8. The Hall–Kier alpha value is -10.6. The predicted octanol–water partition coefficient (Wildman–Crippen LogP) is 22.6. The van der Waals surface area contributed by atoms with Crippen molar-refractivity contribution in [1.82, 2.24) is 9.80 Å². The second kappa shape index (κ2) is 56.3. The van der Waals surface area contributed by atoms with Crippen molar-refractivity contribution in [2.24, 2.45) is 0 Å². The number of benzene rings is 14. The molecule has 0 spiro atoms. The second-order valence-corrected chi connectivity index (χ2v) is 41.9. The second-order valence-electron chi connectivity index (χ2n) is 32.1. The molecular weight excluding hydrogens is 1910 g/mol. The minimum absolute atomic E-state index is 0. The van der Waals surface area contributed by atoms with Crippen LogP contribution in [0.4, 0.5) is 14.0 Å². The SMILES string of the molecule is CC(C)(C)OC(=O)N1CCC[C@H]1C1OCCc2cc(Br)ccc21.CC(C)(C)OC(=O)N1CCC[C@H]1C1OCCc2cc(C#N)ccc21.[2H]CF.[C-]#N.[C-]#N.[Pd].[Zn+2].c1ccc(P(c2ccccc2)c2ccccc2)cc1.c1ccc(P(c2ccccc2)c2ccccc2)cc1.c1ccc(P(c2ccccc2)c2ccccc2)cc1.c1ccc(P(c2ccccc2)c2ccccc2)cc1. The van der Waals surface area contributed by atoms with Gasteiger partial charge in [-0.15, -0.1) is 0 Å². The molecule has 19 heteroatoms. The van der Waals surface area contributed by atoms with E-state index in [9.17, 15) is 14.0 Å². The molecule has 666 valence electrons. The number of likely N-dealkylation sites (tertiary alicyclic amines) is 2. The summed E-state index contributed by atoms with van der Waals surface area (Å²) in [6, 6.07) is 144. The number of fused-ring (bicyclic) bond motifs is 2. The number of carbonyl (C=O) groups is 2. The van der Waals surface area contributed by atoms with Gasteiger partial charge in [0.1, 0.15) is 23.4 Å². The van der Waals surface area contributed by atoms with Gasteiger partial charge >= 0.3 is 31.7 Å². The summed E-state index contributed by atoms with van der Waals surface area (Å²) in [4.78, 5) is 28.7. The van der Waals surface area contributed by atoms with E-state index in [1.807, 2.05) is 75.6 Å². The Bertz CT molecular complexity index is 4880. The Balaban J connectivity index is 0.000000192. The fourth-order valence-electron chi connectivity index (χ4n) is 15.7. The van der Waals surface area contributed by atoms with Crippen LogP contribution in [0.2, 0.25) is 0 Å². The molecule has 0 aromatic heterocycles. The first-order chi connectivity index (χ1) is 63.4. The van der Waals surface area contributed by atoms with Gasteiger partial charge in [0.15, 0.2) is 0 Å². The van der Waals surface area contributed by atoms with Crippen LogP contribution < -0.4 is 63.7 Å². The Labute approximate surface area is 817 Å². The van der Waals surface area contributed by atoms with Gasteiger partial charge in [0, 0.05) is 38.0 Å². The Kier molecular flexibility index (Phi) is 44.8. The molecule has 2 fully saturated rings. The zero-order chi connectivity index (χ0) is 92.3. The van der Waals surface area contributed by atoms with Gasteiger partial charge in [-0.05, 0) is 222 Å². The maximum Gasteiger partial charge on any atom is 2.00 e. The molecule has 18 rings (SSSR count). The van der Waals surface area contributed by atoms with Gasteiger partial charge in [-0.25, -0.2) is 9.59 Å². The minimum atomic E-state index is -1.00. The van der Waals surface area contributed by atoms with Gasteiger partial charge in [0.2, 0.25) is 0 Å². The summed E-state index contributed by atoms with van der Waals surface area (Å²) in [6.45, 7) is 23.6. The number of nitriles is 1. The van der Waals surface area contributed by atoms with Crippen molar-refractivity contribution in [3.05, 3.63) is 446 Å². The van der Waals surface area contributed by atoms with E-state index in [2.05, 4.69) is 398 Å². The molecule has 2 amide bonds. The number of rotatable bonds is 14. The van der Waals surface area contributed by atoms with E-state index in [1.54, 1.807) is 0 Å². The quantitative estimate of drug-likeness (QED) is 0.0589. The summed E-state index contributed by atoms with van der Waals surface area (Å²) in [5.74, 6) is 0. The third-order valence-corrected chi connectivity index (χ3v) is 31.3. The molecule has 0 saturated carbocycles. The van der Waals surface area contributed by atoms with Crippen LogP contribution in [0.15, 0.2) is 405 Å². The van der Waals surface area contributed by atoms with Gasteiger partial charge in [0.05, 0.1) is 45.5 Å². The molecule has 11 nitrogen and oxygen atoms in total. The fourth-order valence-corrected chi connectivity index (χ4v) is 25.3. The van der Waals surface area contributed by atoms with E-state index in [0.29, 0.717) is 25.3 Å². The normalized spacial score (nSPS) is 14.9. The molecule has 0 bridgehead atoms. The smallest absolute Gasteiger partial charge is 0.512 e. The molecule has 131 heavy (non-hydrogen) atoms. The fraction of sp³-hybridized carbons (Fsp3) is 0.205. The van der Waals surface area contributed by atoms with E-state index in [-0.39, 0.29) is 76.4 Å².